The van der Waals surface area contributed by atoms with Crippen molar-refractivity contribution in [2.24, 2.45) is 11.8 Å². The molecule has 1 amide bonds. The van der Waals surface area contributed by atoms with Crippen molar-refractivity contribution in [3.05, 3.63) is 24.7 Å². The lowest BCUT2D eigenvalue weighted by Gasteiger charge is -2.22. The molecule has 2 aliphatic rings. The SMILES string of the molecule is O=C(Nc1nccc(-c2cncc(NCC3CCOCC3)n2)n1)[C@@H]1CCNC1. The summed E-state index contributed by atoms with van der Waals surface area (Å²) in [4.78, 5) is 29.7. The quantitative estimate of drug-likeness (QED) is 0.684. The highest BCUT2D eigenvalue weighted by molar-refractivity contribution is 5.91. The molecule has 0 spiro atoms. The molecule has 4 heterocycles. The molecular weight excluding hydrogens is 358 g/mol. The van der Waals surface area contributed by atoms with E-state index in [4.69, 9.17) is 4.74 Å². The van der Waals surface area contributed by atoms with E-state index in [0.29, 0.717) is 29.7 Å². The van der Waals surface area contributed by atoms with Gasteiger partial charge in [-0.2, -0.15) is 0 Å². The van der Waals surface area contributed by atoms with E-state index in [2.05, 4.69) is 35.9 Å². The lowest BCUT2D eigenvalue weighted by molar-refractivity contribution is -0.119. The molecule has 0 aliphatic carbocycles. The Balaban J connectivity index is 1.41. The van der Waals surface area contributed by atoms with Crippen LogP contribution in [0.1, 0.15) is 19.3 Å². The standard InChI is InChI=1S/C19H25N7O2/c27-18(14-1-5-20-10-14)26-19-22-6-2-15(25-19)16-11-21-12-17(24-16)23-9-13-3-7-28-8-4-13/h2,6,11-14,20H,1,3-5,7-10H2,(H,23,24)(H,22,25,26,27)/t14-/m1/s1. The van der Waals surface area contributed by atoms with E-state index in [0.717, 1.165) is 45.6 Å². The van der Waals surface area contributed by atoms with Gasteiger partial charge in [0.05, 0.1) is 24.0 Å². The van der Waals surface area contributed by atoms with Gasteiger partial charge in [-0.25, -0.2) is 15.0 Å². The van der Waals surface area contributed by atoms with E-state index in [-0.39, 0.29) is 17.8 Å². The summed E-state index contributed by atoms with van der Waals surface area (Å²) in [6.45, 7) is 4.05. The van der Waals surface area contributed by atoms with Crippen molar-refractivity contribution >= 4 is 17.7 Å². The van der Waals surface area contributed by atoms with Crippen LogP contribution in [0.4, 0.5) is 11.8 Å². The zero-order valence-corrected chi connectivity index (χ0v) is 15.7. The third-order valence-electron chi connectivity index (χ3n) is 5.13. The molecule has 148 valence electrons. The number of carbonyl (C=O) groups is 1. The highest BCUT2D eigenvalue weighted by Crippen LogP contribution is 2.19. The first-order valence-electron chi connectivity index (χ1n) is 9.76. The number of rotatable bonds is 6. The Bertz CT molecular complexity index is 804. The number of nitrogens with zero attached hydrogens (tertiary/aromatic N) is 4. The number of ether oxygens (including phenoxy) is 1. The number of carbonyl (C=O) groups excluding carboxylic acids is 1. The molecule has 9 nitrogen and oxygen atoms in total. The Morgan fingerprint density at radius 1 is 1.18 bits per heavy atom. The molecule has 0 bridgehead atoms. The van der Waals surface area contributed by atoms with Crippen molar-refractivity contribution in [3.8, 4) is 11.4 Å². The Labute approximate surface area is 163 Å². The molecule has 2 aromatic rings. The second-order valence-electron chi connectivity index (χ2n) is 7.17. The topological polar surface area (TPSA) is 114 Å². The summed E-state index contributed by atoms with van der Waals surface area (Å²) in [5, 5.41) is 9.34. The summed E-state index contributed by atoms with van der Waals surface area (Å²) in [5.74, 6) is 1.50. The van der Waals surface area contributed by atoms with Crippen molar-refractivity contribution in [2.75, 3.05) is 43.5 Å². The van der Waals surface area contributed by atoms with Gasteiger partial charge in [-0.3, -0.25) is 15.1 Å². The van der Waals surface area contributed by atoms with Crippen LogP contribution in [0.5, 0.6) is 0 Å². The summed E-state index contributed by atoms with van der Waals surface area (Å²) in [5.41, 5.74) is 1.26. The van der Waals surface area contributed by atoms with Crippen LogP contribution in [0.3, 0.4) is 0 Å². The van der Waals surface area contributed by atoms with E-state index >= 15 is 0 Å². The summed E-state index contributed by atoms with van der Waals surface area (Å²) in [7, 11) is 0. The zero-order chi connectivity index (χ0) is 19.2. The minimum Gasteiger partial charge on any atom is -0.381 e. The molecule has 0 unspecified atom stereocenters. The van der Waals surface area contributed by atoms with E-state index in [1.807, 2.05) is 0 Å². The minimum absolute atomic E-state index is 0.0373. The van der Waals surface area contributed by atoms with Crippen molar-refractivity contribution in [2.45, 2.75) is 19.3 Å². The average molecular weight is 383 g/mol. The minimum atomic E-state index is -0.0555. The molecular formula is C19H25N7O2. The van der Waals surface area contributed by atoms with E-state index in [1.165, 1.54) is 0 Å². The number of aromatic nitrogens is 4. The van der Waals surface area contributed by atoms with Gasteiger partial charge in [0.15, 0.2) is 0 Å². The van der Waals surface area contributed by atoms with Crippen LogP contribution in [0.2, 0.25) is 0 Å². The van der Waals surface area contributed by atoms with Crippen LogP contribution in [0, 0.1) is 11.8 Å². The van der Waals surface area contributed by atoms with Gasteiger partial charge in [-0.05, 0) is 37.8 Å². The van der Waals surface area contributed by atoms with Gasteiger partial charge in [-0.1, -0.05) is 0 Å². The number of amides is 1. The van der Waals surface area contributed by atoms with Crippen molar-refractivity contribution in [3.63, 3.8) is 0 Å². The van der Waals surface area contributed by atoms with Crippen LogP contribution in [-0.4, -0.2) is 58.7 Å². The molecule has 9 heteroatoms. The second kappa shape index (κ2) is 9.03. The first-order valence-corrected chi connectivity index (χ1v) is 9.76. The monoisotopic (exact) mass is 383 g/mol. The first kappa shape index (κ1) is 18.7. The first-order chi connectivity index (χ1) is 13.8. The fourth-order valence-electron chi connectivity index (χ4n) is 3.43. The summed E-state index contributed by atoms with van der Waals surface area (Å²) >= 11 is 0. The van der Waals surface area contributed by atoms with E-state index in [9.17, 15) is 4.79 Å². The molecule has 0 aromatic carbocycles. The van der Waals surface area contributed by atoms with Crippen LogP contribution in [0.25, 0.3) is 11.4 Å². The van der Waals surface area contributed by atoms with Gasteiger partial charge in [0.1, 0.15) is 11.5 Å². The number of anilines is 2. The maximum Gasteiger partial charge on any atom is 0.231 e. The van der Waals surface area contributed by atoms with Gasteiger partial charge in [0.2, 0.25) is 11.9 Å². The summed E-state index contributed by atoms with van der Waals surface area (Å²) < 4.78 is 5.40. The fraction of sp³-hybridized carbons (Fsp3) is 0.526. The summed E-state index contributed by atoms with van der Waals surface area (Å²) in [6.07, 6.45) is 7.94. The zero-order valence-electron chi connectivity index (χ0n) is 15.7. The third kappa shape index (κ3) is 4.79. The largest absolute Gasteiger partial charge is 0.381 e. The smallest absolute Gasteiger partial charge is 0.231 e. The molecule has 0 radical (unpaired) electrons. The highest BCUT2D eigenvalue weighted by atomic mass is 16.5. The summed E-state index contributed by atoms with van der Waals surface area (Å²) in [6, 6.07) is 1.76. The van der Waals surface area contributed by atoms with Gasteiger partial charge < -0.3 is 15.4 Å². The maximum atomic E-state index is 12.3. The third-order valence-corrected chi connectivity index (χ3v) is 5.13. The molecule has 1 atom stereocenters. The van der Waals surface area contributed by atoms with Crippen molar-refractivity contribution < 1.29 is 9.53 Å². The fourth-order valence-corrected chi connectivity index (χ4v) is 3.43. The van der Waals surface area contributed by atoms with Crippen LogP contribution in [0.15, 0.2) is 24.7 Å². The molecule has 3 N–H and O–H groups in total. The van der Waals surface area contributed by atoms with E-state index in [1.54, 1.807) is 24.7 Å². The lowest BCUT2D eigenvalue weighted by atomic mass is 10.0. The lowest BCUT2D eigenvalue weighted by Crippen LogP contribution is -2.25. The Hall–Kier alpha value is -2.65. The Kier molecular flexibility index (Phi) is 6.03. The average Bonchev–Trinajstić information content (AvgIpc) is 3.29. The maximum absolute atomic E-state index is 12.3. The molecule has 4 rings (SSSR count). The van der Waals surface area contributed by atoms with Crippen LogP contribution >= 0.6 is 0 Å². The van der Waals surface area contributed by atoms with Gasteiger partial charge in [0, 0.05) is 32.5 Å². The molecule has 2 aromatic heterocycles. The van der Waals surface area contributed by atoms with Crippen LogP contribution in [-0.2, 0) is 9.53 Å². The van der Waals surface area contributed by atoms with Gasteiger partial charge >= 0.3 is 0 Å². The van der Waals surface area contributed by atoms with Crippen molar-refractivity contribution in [1.29, 1.82) is 0 Å². The number of hydrogen-bond donors (Lipinski definition) is 3. The Morgan fingerprint density at radius 2 is 2.07 bits per heavy atom. The molecule has 28 heavy (non-hydrogen) atoms. The Morgan fingerprint density at radius 3 is 2.89 bits per heavy atom. The number of nitrogens with one attached hydrogen (secondary N) is 3. The molecule has 2 fully saturated rings. The number of hydrogen-bond acceptors (Lipinski definition) is 8. The normalized spacial score (nSPS) is 20.1. The van der Waals surface area contributed by atoms with Crippen molar-refractivity contribution in [1.82, 2.24) is 25.3 Å². The molecule has 2 saturated heterocycles. The second-order valence-corrected chi connectivity index (χ2v) is 7.17. The van der Waals surface area contributed by atoms with Gasteiger partial charge in [-0.15, -0.1) is 0 Å². The molecule has 2 aliphatic heterocycles. The highest BCUT2D eigenvalue weighted by Gasteiger charge is 2.23. The predicted molar refractivity (Wildman–Crippen MR) is 105 cm³/mol. The van der Waals surface area contributed by atoms with Gasteiger partial charge in [0.25, 0.3) is 0 Å². The van der Waals surface area contributed by atoms with E-state index < -0.39 is 0 Å². The molecule has 0 saturated carbocycles. The predicted octanol–water partition coefficient (Wildman–Crippen LogP) is 1.32. The van der Waals surface area contributed by atoms with Crippen LogP contribution < -0.4 is 16.0 Å².